The molecular formula is C13H19N3O2S. The Labute approximate surface area is 117 Å². The van der Waals surface area contributed by atoms with Crippen molar-refractivity contribution in [3.05, 3.63) is 18.2 Å². The number of anilines is 2. The predicted octanol–water partition coefficient (Wildman–Crippen LogP) is 1.31. The summed E-state index contributed by atoms with van der Waals surface area (Å²) in [6.07, 6.45) is 0.485. The third kappa shape index (κ3) is 4.04. The molecule has 0 saturated carbocycles. The van der Waals surface area contributed by atoms with Gasteiger partial charge < -0.3 is 21.1 Å². The molecule has 4 N–H and O–H groups in total. The molecule has 2 rings (SSSR count). The molecule has 0 bridgehead atoms. The monoisotopic (exact) mass is 281 g/mol. The van der Waals surface area contributed by atoms with E-state index in [0.717, 1.165) is 18.1 Å². The zero-order chi connectivity index (χ0) is 13.7. The highest BCUT2D eigenvalue weighted by atomic mass is 32.2. The first-order valence-corrected chi connectivity index (χ1v) is 7.39. The maximum Gasteiger partial charge on any atom is 0.225 e. The fraction of sp³-hybridized carbons (Fsp3) is 0.462. The van der Waals surface area contributed by atoms with Crippen molar-refractivity contribution >= 4 is 29.0 Å². The van der Waals surface area contributed by atoms with Crippen molar-refractivity contribution in [2.24, 2.45) is 0 Å². The zero-order valence-electron chi connectivity index (χ0n) is 10.9. The Hall–Kier alpha value is -1.40. The van der Waals surface area contributed by atoms with Crippen LogP contribution in [0.1, 0.15) is 6.42 Å². The molecule has 0 aliphatic carbocycles. The minimum Gasteiger partial charge on any atom is -0.495 e. The molecule has 0 radical (unpaired) electrons. The number of nitrogens with one attached hydrogen (secondary N) is 2. The van der Waals surface area contributed by atoms with Gasteiger partial charge in [0.25, 0.3) is 0 Å². The van der Waals surface area contributed by atoms with Crippen LogP contribution in [0.5, 0.6) is 5.75 Å². The molecule has 1 aromatic rings. The SMILES string of the molecule is COc1ccc(NC(=O)CC2CSCCN2)cc1N. The summed E-state index contributed by atoms with van der Waals surface area (Å²) in [6, 6.07) is 5.50. The molecule has 1 aliphatic rings. The van der Waals surface area contributed by atoms with E-state index < -0.39 is 0 Å². The summed E-state index contributed by atoms with van der Waals surface area (Å²) in [5.41, 5.74) is 7.02. The number of methoxy groups -OCH3 is 1. The number of nitrogen functional groups attached to an aromatic ring is 1. The number of thioether (sulfide) groups is 1. The number of ether oxygens (including phenoxy) is 1. The van der Waals surface area contributed by atoms with Crippen LogP contribution in [-0.4, -0.2) is 37.1 Å². The van der Waals surface area contributed by atoms with E-state index in [0.29, 0.717) is 23.5 Å². The van der Waals surface area contributed by atoms with E-state index in [2.05, 4.69) is 10.6 Å². The van der Waals surface area contributed by atoms with Crippen LogP contribution in [0.3, 0.4) is 0 Å². The van der Waals surface area contributed by atoms with Crippen LogP contribution in [-0.2, 0) is 4.79 Å². The summed E-state index contributed by atoms with van der Waals surface area (Å²) >= 11 is 1.88. The molecule has 104 valence electrons. The number of hydrogen-bond donors (Lipinski definition) is 3. The molecule has 1 saturated heterocycles. The van der Waals surface area contributed by atoms with Crippen molar-refractivity contribution in [2.75, 3.05) is 36.2 Å². The summed E-state index contributed by atoms with van der Waals surface area (Å²) in [6.45, 7) is 0.970. The molecule has 1 unspecified atom stereocenters. The molecule has 5 nitrogen and oxygen atoms in total. The highest BCUT2D eigenvalue weighted by molar-refractivity contribution is 7.99. The van der Waals surface area contributed by atoms with Gasteiger partial charge in [0.05, 0.1) is 12.8 Å². The average Bonchev–Trinajstić information content (AvgIpc) is 2.40. The summed E-state index contributed by atoms with van der Waals surface area (Å²) < 4.78 is 5.08. The highest BCUT2D eigenvalue weighted by Gasteiger charge is 2.16. The van der Waals surface area contributed by atoms with Crippen molar-refractivity contribution in [3.8, 4) is 5.75 Å². The van der Waals surface area contributed by atoms with Gasteiger partial charge in [-0.15, -0.1) is 0 Å². The lowest BCUT2D eigenvalue weighted by molar-refractivity contribution is -0.116. The van der Waals surface area contributed by atoms with E-state index in [1.165, 1.54) is 0 Å². The van der Waals surface area contributed by atoms with Gasteiger partial charge in [-0.1, -0.05) is 0 Å². The van der Waals surface area contributed by atoms with E-state index in [1.54, 1.807) is 25.3 Å². The van der Waals surface area contributed by atoms with E-state index in [9.17, 15) is 4.79 Å². The van der Waals surface area contributed by atoms with Crippen molar-refractivity contribution in [2.45, 2.75) is 12.5 Å². The van der Waals surface area contributed by atoms with E-state index in [1.807, 2.05) is 11.8 Å². The van der Waals surface area contributed by atoms with Crippen LogP contribution in [0.2, 0.25) is 0 Å². The first kappa shape index (κ1) is 14.0. The van der Waals surface area contributed by atoms with Crippen LogP contribution in [0, 0.1) is 0 Å². The first-order chi connectivity index (χ1) is 9.19. The normalized spacial score (nSPS) is 18.9. The molecule has 0 spiro atoms. The van der Waals surface area contributed by atoms with Gasteiger partial charge in [0.15, 0.2) is 0 Å². The number of carbonyl (C=O) groups excluding carboxylic acids is 1. The average molecular weight is 281 g/mol. The number of benzene rings is 1. The second-order valence-electron chi connectivity index (χ2n) is 4.43. The smallest absolute Gasteiger partial charge is 0.225 e. The summed E-state index contributed by atoms with van der Waals surface area (Å²) in [5.74, 6) is 2.72. The van der Waals surface area contributed by atoms with Gasteiger partial charge in [-0.3, -0.25) is 4.79 Å². The molecule has 1 fully saturated rings. The lowest BCUT2D eigenvalue weighted by Crippen LogP contribution is -2.39. The van der Waals surface area contributed by atoms with Gasteiger partial charge in [-0.05, 0) is 18.2 Å². The summed E-state index contributed by atoms with van der Waals surface area (Å²) in [7, 11) is 1.57. The maximum atomic E-state index is 11.9. The molecule has 1 heterocycles. The van der Waals surface area contributed by atoms with Crippen LogP contribution in [0.4, 0.5) is 11.4 Å². The maximum absolute atomic E-state index is 11.9. The molecular weight excluding hydrogens is 262 g/mol. The Morgan fingerprint density at radius 2 is 2.47 bits per heavy atom. The van der Waals surface area contributed by atoms with Crippen molar-refractivity contribution in [3.63, 3.8) is 0 Å². The Morgan fingerprint density at radius 1 is 1.63 bits per heavy atom. The lowest BCUT2D eigenvalue weighted by Gasteiger charge is -2.22. The van der Waals surface area contributed by atoms with Gasteiger partial charge in [-0.25, -0.2) is 0 Å². The Morgan fingerprint density at radius 3 is 3.11 bits per heavy atom. The lowest BCUT2D eigenvalue weighted by atomic mass is 10.2. The van der Waals surface area contributed by atoms with Gasteiger partial charge in [0, 0.05) is 36.2 Å². The Bertz CT molecular complexity index is 448. The van der Waals surface area contributed by atoms with Gasteiger partial charge >= 0.3 is 0 Å². The first-order valence-electron chi connectivity index (χ1n) is 6.23. The molecule has 0 aromatic heterocycles. The van der Waals surface area contributed by atoms with Crippen LogP contribution in [0.25, 0.3) is 0 Å². The molecule has 6 heteroatoms. The third-order valence-electron chi connectivity index (χ3n) is 2.94. The van der Waals surface area contributed by atoms with E-state index in [-0.39, 0.29) is 11.9 Å². The van der Waals surface area contributed by atoms with Crippen molar-refractivity contribution < 1.29 is 9.53 Å². The molecule has 1 aromatic carbocycles. The minimum atomic E-state index is 0.00423. The van der Waals surface area contributed by atoms with Crippen LogP contribution >= 0.6 is 11.8 Å². The van der Waals surface area contributed by atoms with Crippen LogP contribution in [0.15, 0.2) is 18.2 Å². The fourth-order valence-electron chi connectivity index (χ4n) is 2.00. The number of amides is 1. The molecule has 19 heavy (non-hydrogen) atoms. The van der Waals surface area contributed by atoms with E-state index >= 15 is 0 Å². The van der Waals surface area contributed by atoms with Gasteiger partial charge in [0.2, 0.25) is 5.91 Å². The standard InChI is InChI=1S/C13H19N3O2S/c1-18-12-3-2-9(6-11(12)14)16-13(17)7-10-8-19-5-4-15-10/h2-3,6,10,15H,4-5,7-8,14H2,1H3,(H,16,17). The van der Waals surface area contributed by atoms with Crippen molar-refractivity contribution in [1.29, 1.82) is 0 Å². The molecule has 1 amide bonds. The largest absolute Gasteiger partial charge is 0.495 e. The van der Waals surface area contributed by atoms with Gasteiger partial charge in [-0.2, -0.15) is 11.8 Å². The zero-order valence-corrected chi connectivity index (χ0v) is 11.8. The number of hydrogen-bond acceptors (Lipinski definition) is 5. The Kier molecular flexibility index (Phi) is 4.93. The number of nitrogens with two attached hydrogens (primary N) is 1. The number of rotatable bonds is 4. The summed E-state index contributed by atoms with van der Waals surface area (Å²) in [5, 5.41) is 6.20. The third-order valence-corrected chi connectivity index (χ3v) is 4.07. The second-order valence-corrected chi connectivity index (χ2v) is 5.58. The Balaban J connectivity index is 1.89. The van der Waals surface area contributed by atoms with Gasteiger partial charge in [0.1, 0.15) is 5.75 Å². The second kappa shape index (κ2) is 6.68. The minimum absolute atomic E-state index is 0.00423. The molecule has 1 aliphatic heterocycles. The van der Waals surface area contributed by atoms with E-state index in [4.69, 9.17) is 10.5 Å². The number of carbonyl (C=O) groups is 1. The fourth-order valence-corrected chi connectivity index (χ4v) is 2.95. The topological polar surface area (TPSA) is 76.4 Å². The quantitative estimate of drug-likeness (QED) is 0.726. The summed E-state index contributed by atoms with van der Waals surface area (Å²) in [4.78, 5) is 11.9. The van der Waals surface area contributed by atoms with Crippen LogP contribution < -0.4 is 21.1 Å². The highest BCUT2D eigenvalue weighted by Crippen LogP contribution is 2.24. The van der Waals surface area contributed by atoms with Crippen molar-refractivity contribution in [1.82, 2.24) is 5.32 Å². The predicted molar refractivity (Wildman–Crippen MR) is 79.8 cm³/mol. The molecule has 1 atom stereocenters.